The molecule has 0 aliphatic carbocycles. The van der Waals surface area contributed by atoms with Crippen LogP contribution >= 0.6 is 0 Å². The fourth-order valence-corrected chi connectivity index (χ4v) is 1.65. The molecule has 0 bridgehead atoms. The summed E-state index contributed by atoms with van der Waals surface area (Å²) in [4.78, 5) is 4.26. The Balaban J connectivity index is 1.86. The predicted octanol–water partition coefficient (Wildman–Crippen LogP) is 1.68. The van der Waals surface area contributed by atoms with Crippen LogP contribution in [0.25, 0.3) is 0 Å². The molecule has 1 aliphatic rings. The summed E-state index contributed by atoms with van der Waals surface area (Å²) in [5, 5.41) is 3.25. The van der Waals surface area contributed by atoms with Gasteiger partial charge < -0.3 is 14.8 Å². The third kappa shape index (κ3) is 2.83. The van der Waals surface area contributed by atoms with Gasteiger partial charge in [-0.05, 0) is 18.9 Å². The third-order valence-electron chi connectivity index (χ3n) is 2.47. The molecular weight excluding hydrogens is 192 g/mol. The average molecular weight is 208 g/mol. The van der Waals surface area contributed by atoms with Crippen LogP contribution in [0.15, 0.2) is 18.2 Å². The summed E-state index contributed by atoms with van der Waals surface area (Å²) in [7, 11) is 1.62. The fourth-order valence-electron chi connectivity index (χ4n) is 1.65. The highest BCUT2D eigenvalue weighted by Crippen LogP contribution is 2.14. The highest BCUT2D eigenvalue weighted by atomic mass is 16.5. The van der Waals surface area contributed by atoms with Gasteiger partial charge in [0, 0.05) is 19.2 Å². The van der Waals surface area contributed by atoms with Gasteiger partial charge in [-0.2, -0.15) is 4.98 Å². The first-order valence-corrected chi connectivity index (χ1v) is 5.25. The standard InChI is InChI=1S/C11H16N2O2/c1-14-11-6-2-5-10(13-11)12-8-9-4-3-7-15-9/h2,5-6,9H,3-4,7-8H2,1H3,(H,12,13). The molecule has 4 heteroatoms. The molecule has 2 heterocycles. The minimum Gasteiger partial charge on any atom is -0.481 e. The summed E-state index contributed by atoms with van der Waals surface area (Å²) in [5.74, 6) is 1.47. The smallest absolute Gasteiger partial charge is 0.214 e. The number of methoxy groups -OCH3 is 1. The van der Waals surface area contributed by atoms with Crippen LogP contribution in [0, 0.1) is 0 Å². The Bertz CT molecular complexity index is 311. The number of rotatable bonds is 4. The molecule has 1 unspecified atom stereocenters. The van der Waals surface area contributed by atoms with E-state index in [2.05, 4.69) is 10.3 Å². The molecule has 0 spiro atoms. The van der Waals surface area contributed by atoms with Crippen molar-refractivity contribution in [3.05, 3.63) is 18.2 Å². The van der Waals surface area contributed by atoms with Crippen LogP contribution in [0.1, 0.15) is 12.8 Å². The first kappa shape index (κ1) is 10.2. The number of nitrogens with one attached hydrogen (secondary N) is 1. The van der Waals surface area contributed by atoms with Crippen molar-refractivity contribution in [3.63, 3.8) is 0 Å². The van der Waals surface area contributed by atoms with Crippen molar-refractivity contribution in [3.8, 4) is 5.88 Å². The molecule has 82 valence electrons. The molecule has 1 fully saturated rings. The zero-order chi connectivity index (χ0) is 10.5. The Morgan fingerprint density at radius 3 is 3.27 bits per heavy atom. The van der Waals surface area contributed by atoms with Crippen LogP contribution in [0.3, 0.4) is 0 Å². The molecule has 1 aliphatic heterocycles. The van der Waals surface area contributed by atoms with Crippen molar-refractivity contribution < 1.29 is 9.47 Å². The lowest BCUT2D eigenvalue weighted by Gasteiger charge is -2.11. The minimum atomic E-state index is 0.331. The van der Waals surface area contributed by atoms with Crippen molar-refractivity contribution in [1.29, 1.82) is 0 Å². The molecule has 1 N–H and O–H groups in total. The van der Waals surface area contributed by atoms with Gasteiger partial charge in [-0.1, -0.05) is 6.07 Å². The normalized spacial score (nSPS) is 20.2. The Morgan fingerprint density at radius 2 is 2.53 bits per heavy atom. The summed E-state index contributed by atoms with van der Waals surface area (Å²) in [5.41, 5.74) is 0. The Morgan fingerprint density at radius 1 is 1.60 bits per heavy atom. The second-order valence-corrected chi connectivity index (χ2v) is 3.58. The van der Waals surface area contributed by atoms with Crippen molar-refractivity contribution in [2.24, 2.45) is 0 Å². The lowest BCUT2D eigenvalue weighted by molar-refractivity contribution is 0.120. The Kier molecular flexibility index (Phi) is 3.40. The number of ether oxygens (including phenoxy) is 2. The van der Waals surface area contributed by atoms with Gasteiger partial charge in [0.2, 0.25) is 5.88 Å². The first-order valence-electron chi connectivity index (χ1n) is 5.25. The highest BCUT2D eigenvalue weighted by Gasteiger charge is 2.14. The van der Waals surface area contributed by atoms with Crippen LogP contribution in [0.4, 0.5) is 5.82 Å². The summed E-state index contributed by atoms with van der Waals surface area (Å²) >= 11 is 0. The van der Waals surface area contributed by atoms with Gasteiger partial charge in [0.05, 0.1) is 13.2 Å². The van der Waals surface area contributed by atoms with E-state index < -0.39 is 0 Å². The van der Waals surface area contributed by atoms with Crippen LogP contribution in [-0.4, -0.2) is 31.3 Å². The summed E-state index contributed by atoms with van der Waals surface area (Å²) in [6.45, 7) is 1.71. The number of hydrogen-bond acceptors (Lipinski definition) is 4. The molecule has 2 rings (SSSR count). The van der Waals surface area contributed by atoms with Gasteiger partial charge in [0.1, 0.15) is 5.82 Å². The number of hydrogen-bond donors (Lipinski definition) is 1. The number of aromatic nitrogens is 1. The van der Waals surface area contributed by atoms with E-state index in [0.29, 0.717) is 12.0 Å². The van der Waals surface area contributed by atoms with E-state index in [1.54, 1.807) is 7.11 Å². The maximum Gasteiger partial charge on any atom is 0.214 e. The van der Waals surface area contributed by atoms with E-state index in [1.165, 1.54) is 0 Å². The van der Waals surface area contributed by atoms with E-state index in [1.807, 2.05) is 18.2 Å². The zero-order valence-corrected chi connectivity index (χ0v) is 8.90. The summed E-state index contributed by atoms with van der Waals surface area (Å²) in [6.07, 6.45) is 2.63. The first-order chi connectivity index (χ1) is 7.38. The van der Waals surface area contributed by atoms with Crippen LogP contribution in [0.5, 0.6) is 5.88 Å². The molecule has 1 atom stereocenters. The second-order valence-electron chi connectivity index (χ2n) is 3.58. The predicted molar refractivity (Wildman–Crippen MR) is 58.3 cm³/mol. The SMILES string of the molecule is COc1cccc(NCC2CCCO2)n1. The van der Waals surface area contributed by atoms with E-state index >= 15 is 0 Å². The van der Waals surface area contributed by atoms with Gasteiger partial charge in [0.15, 0.2) is 0 Å². The molecule has 0 amide bonds. The Labute approximate surface area is 89.6 Å². The molecule has 1 saturated heterocycles. The van der Waals surface area contributed by atoms with Gasteiger partial charge in [-0.3, -0.25) is 0 Å². The second kappa shape index (κ2) is 4.98. The van der Waals surface area contributed by atoms with Crippen LogP contribution in [0.2, 0.25) is 0 Å². The molecule has 1 aromatic heterocycles. The molecule has 15 heavy (non-hydrogen) atoms. The van der Waals surface area contributed by atoms with Gasteiger partial charge in [0.25, 0.3) is 0 Å². The van der Waals surface area contributed by atoms with E-state index in [0.717, 1.165) is 31.8 Å². The van der Waals surface area contributed by atoms with Crippen molar-refractivity contribution in [2.45, 2.75) is 18.9 Å². The summed E-state index contributed by atoms with van der Waals surface area (Å²) in [6, 6.07) is 5.68. The monoisotopic (exact) mass is 208 g/mol. The minimum absolute atomic E-state index is 0.331. The maximum absolute atomic E-state index is 5.51. The lowest BCUT2D eigenvalue weighted by atomic mass is 10.2. The number of anilines is 1. The van der Waals surface area contributed by atoms with Crippen molar-refractivity contribution in [1.82, 2.24) is 4.98 Å². The molecular formula is C11H16N2O2. The van der Waals surface area contributed by atoms with E-state index in [-0.39, 0.29) is 0 Å². The molecule has 1 aromatic rings. The number of nitrogens with zero attached hydrogens (tertiary/aromatic N) is 1. The molecule has 0 radical (unpaired) electrons. The fraction of sp³-hybridized carbons (Fsp3) is 0.545. The topological polar surface area (TPSA) is 43.4 Å². The zero-order valence-electron chi connectivity index (χ0n) is 8.90. The quantitative estimate of drug-likeness (QED) is 0.817. The van der Waals surface area contributed by atoms with Gasteiger partial charge in [-0.15, -0.1) is 0 Å². The van der Waals surface area contributed by atoms with E-state index in [9.17, 15) is 0 Å². The van der Waals surface area contributed by atoms with Crippen LogP contribution < -0.4 is 10.1 Å². The van der Waals surface area contributed by atoms with Crippen molar-refractivity contribution >= 4 is 5.82 Å². The lowest BCUT2D eigenvalue weighted by Crippen LogP contribution is -2.18. The maximum atomic E-state index is 5.51. The van der Waals surface area contributed by atoms with Gasteiger partial charge >= 0.3 is 0 Å². The van der Waals surface area contributed by atoms with Gasteiger partial charge in [-0.25, -0.2) is 0 Å². The summed E-state index contributed by atoms with van der Waals surface area (Å²) < 4.78 is 10.6. The van der Waals surface area contributed by atoms with Crippen molar-refractivity contribution in [2.75, 3.05) is 25.6 Å². The molecule has 4 nitrogen and oxygen atoms in total. The molecule has 0 saturated carbocycles. The highest BCUT2D eigenvalue weighted by molar-refractivity contribution is 5.37. The Hall–Kier alpha value is -1.29. The largest absolute Gasteiger partial charge is 0.481 e. The van der Waals surface area contributed by atoms with E-state index in [4.69, 9.17) is 9.47 Å². The third-order valence-corrected chi connectivity index (χ3v) is 2.47. The van der Waals surface area contributed by atoms with Crippen LogP contribution in [-0.2, 0) is 4.74 Å². The average Bonchev–Trinajstić information content (AvgIpc) is 2.79. The number of pyridine rings is 1. The molecule has 0 aromatic carbocycles.